The number of halogens is 3. The lowest BCUT2D eigenvalue weighted by molar-refractivity contribution is -0.105. The van der Waals surface area contributed by atoms with Crippen molar-refractivity contribution >= 4 is 32.5 Å². The second-order valence-electron chi connectivity index (χ2n) is 2.91. The van der Waals surface area contributed by atoms with Gasteiger partial charge in [-0.05, 0) is 12.1 Å². The molecule has 0 aromatic carbocycles. The lowest BCUT2D eigenvalue weighted by atomic mass is 10.5. The Labute approximate surface area is 94.8 Å². The Bertz CT molecular complexity index is 504. The Morgan fingerprint density at radius 2 is 2.19 bits per heavy atom. The molecule has 86 valence electrons. The van der Waals surface area contributed by atoms with E-state index in [0.29, 0.717) is 10.3 Å². The van der Waals surface area contributed by atoms with Gasteiger partial charge < -0.3 is 0 Å². The number of hydrogen-bond donors (Lipinski definition) is 0. The first-order valence-corrected chi connectivity index (χ1v) is 6.26. The standard InChI is InChI=1S/C8H5F3N2OS2/c9-8(10,11)4-16(14)7-13-6-5(15-7)2-1-3-12-6/h1-3H,4H2/t16-/m0/s1. The van der Waals surface area contributed by atoms with Crippen molar-refractivity contribution in [3.05, 3.63) is 18.3 Å². The number of rotatable bonds is 2. The fourth-order valence-corrected chi connectivity index (χ4v) is 3.14. The number of hydrogen-bond acceptors (Lipinski definition) is 4. The van der Waals surface area contributed by atoms with E-state index in [1.165, 1.54) is 6.20 Å². The maximum Gasteiger partial charge on any atom is 0.400 e. The molecule has 0 N–H and O–H groups in total. The van der Waals surface area contributed by atoms with Crippen molar-refractivity contribution < 1.29 is 17.4 Å². The molecule has 16 heavy (non-hydrogen) atoms. The van der Waals surface area contributed by atoms with E-state index >= 15 is 0 Å². The van der Waals surface area contributed by atoms with Crippen molar-refractivity contribution in [2.45, 2.75) is 10.5 Å². The Balaban J connectivity index is 2.30. The van der Waals surface area contributed by atoms with E-state index in [1.54, 1.807) is 12.1 Å². The van der Waals surface area contributed by atoms with Crippen LogP contribution in [0.5, 0.6) is 0 Å². The smallest absolute Gasteiger partial charge is 0.252 e. The minimum atomic E-state index is -4.45. The zero-order chi connectivity index (χ0) is 11.8. The SMILES string of the molecule is O=[S@@](CC(F)(F)F)c1nc2ncccc2s1. The van der Waals surface area contributed by atoms with E-state index < -0.39 is 22.7 Å². The van der Waals surface area contributed by atoms with Crippen molar-refractivity contribution in [2.75, 3.05) is 5.75 Å². The Morgan fingerprint density at radius 1 is 1.44 bits per heavy atom. The monoisotopic (exact) mass is 266 g/mol. The maximum atomic E-state index is 12.0. The zero-order valence-corrected chi connectivity index (χ0v) is 9.33. The predicted octanol–water partition coefficient (Wildman–Crippen LogP) is 2.36. The zero-order valence-electron chi connectivity index (χ0n) is 7.69. The Hall–Kier alpha value is -1.02. The van der Waals surface area contributed by atoms with E-state index in [-0.39, 0.29) is 4.34 Å². The first-order valence-electron chi connectivity index (χ1n) is 4.12. The molecule has 0 aliphatic rings. The maximum absolute atomic E-state index is 12.0. The molecule has 0 bridgehead atoms. The largest absolute Gasteiger partial charge is 0.400 e. The van der Waals surface area contributed by atoms with E-state index in [4.69, 9.17) is 0 Å². The van der Waals surface area contributed by atoms with Gasteiger partial charge in [0.2, 0.25) is 0 Å². The summed E-state index contributed by atoms with van der Waals surface area (Å²) in [6.45, 7) is 0. The molecule has 2 aromatic rings. The minimum Gasteiger partial charge on any atom is -0.252 e. The fraction of sp³-hybridized carbons (Fsp3) is 0.250. The fourth-order valence-electron chi connectivity index (χ4n) is 1.06. The first-order chi connectivity index (χ1) is 7.46. The second-order valence-corrected chi connectivity index (χ2v) is 5.57. The predicted molar refractivity (Wildman–Crippen MR) is 54.7 cm³/mol. The summed E-state index contributed by atoms with van der Waals surface area (Å²) < 4.78 is 48.0. The number of alkyl halides is 3. The molecule has 3 nitrogen and oxygen atoms in total. The highest BCUT2D eigenvalue weighted by atomic mass is 32.2. The van der Waals surface area contributed by atoms with Crippen LogP contribution in [0.3, 0.4) is 0 Å². The van der Waals surface area contributed by atoms with Gasteiger partial charge in [0.05, 0.1) is 15.5 Å². The van der Waals surface area contributed by atoms with Gasteiger partial charge in [-0.2, -0.15) is 13.2 Å². The molecular weight excluding hydrogens is 261 g/mol. The van der Waals surface area contributed by atoms with Gasteiger partial charge in [-0.3, -0.25) is 4.21 Å². The third-order valence-corrected chi connectivity index (χ3v) is 4.32. The lowest BCUT2D eigenvalue weighted by Gasteiger charge is -2.02. The van der Waals surface area contributed by atoms with Crippen LogP contribution in [0.15, 0.2) is 22.7 Å². The number of aromatic nitrogens is 2. The molecule has 0 fully saturated rings. The average molecular weight is 266 g/mol. The van der Waals surface area contributed by atoms with E-state index in [1.807, 2.05) is 0 Å². The van der Waals surface area contributed by atoms with Crippen molar-refractivity contribution in [1.29, 1.82) is 0 Å². The molecule has 0 amide bonds. The van der Waals surface area contributed by atoms with Gasteiger partial charge in [0.1, 0.15) is 5.75 Å². The van der Waals surface area contributed by atoms with Crippen LogP contribution in [-0.2, 0) is 10.8 Å². The molecular formula is C8H5F3N2OS2. The third kappa shape index (κ3) is 2.56. The van der Waals surface area contributed by atoms with Crippen LogP contribution in [0.25, 0.3) is 10.3 Å². The van der Waals surface area contributed by atoms with Gasteiger partial charge >= 0.3 is 6.18 Å². The third-order valence-electron chi connectivity index (χ3n) is 1.63. The van der Waals surface area contributed by atoms with Crippen LogP contribution in [-0.4, -0.2) is 26.1 Å². The summed E-state index contributed by atoms with van der Waals surface area (Å²) in [5, 5.41) is 0. The number of pyridine rings is 1. The second kappa shape index (κ2) is 4.10. The Morgan fingerprint density at radius 3 is 2.81 bits per heavy atom. The van der Waals surface area contributed by atoms with Gasteiger partial charge in [0, 0.05) is 6.20 Å². The molecule has 0 radical (unpaired) electrons. The van der Waals surface area contributed by atoms with Crippen LogP contribution in [0.4, 0.5) is 13.2 Å². The number of fused-ring (bicyclic) bond motifs is 1. The van der Waals surface area contributed by atoms with Crippen LogP contribution in [0, 0.1) is 0 Å². The summed E-state index contributed by atoms with van der Waals surface area (Å²) >= 11 is 0.972. The highest BCUT2D eigenvalue weighted by Crippen LogP contribution is 2.25. The topological polar surface area (TPSA) is 42.9 Å². The highest BCUT2D eigenvalue weighted by Gasteiger charge is 2.32. The molecule has 0 saturated heterocycles. The molecule has 8 heteroatoms. The van der Waals surface area contributed by atoms with Gasteiger partial charge in [-0.25, -0.2) is 9.97 Å². The normalized spacial score (nSPS) is 14.2. The summed E-state index contributed by atoms with van der Waals surface area (Å²) in [6, 6.07) is 3.32. The van der Waals surface area contributed by atoms with Gasteiger partial charge in [0.25, 0.3) is 0 Å². The van der Waals surface area contributed by atoms with E-state index in [2.05, 4.69) is 9.97 Å². The molecule has 0 aliphatic carbocycles. The number of nitrogens with zero attached hydrogens (tertiary/aromatic N) is 2. The molecule has 2 heterocycles. The molecule has 0 spiro atoms. The molecule has 2 rings (SSSR count). The van der Waals surface area contributed by atoms with Crippen LogP contribution >= 0.6 is 11.3 Å². The van der Waals surface area contributed by atoms with Crippen molar-refractivity contribution in [1.82, 2.24) is 9.97 Å². The highest BCUT2D eigenvalue weighted by molar-refractivity contribution is 7.87. The van der Waals surface area contributed by atoms with E-state index in [9.17, 15) is 17.4 Å². The van der Waals surface area contributed by atoms with Crippen molar-refractivity contribution in [2.24, 2.45) is 0 Å². The van der Waals surface area contributed by atoms with Crippen LogP contribution in [0.2, 0.25) is 0 Å². The molecule has 1 atom stereocenters. The summed E-state index contributed by atoms with van der Waals surface area (Å²) in [7, 11) is -2.14. The molecule has 2 aromatic heterocycles. The summed E-state index contributed by atoms with van der Waals surface area (Å²) in [6.07, 6.45) is -2.96. The number of thiazole rings is 1. The van der Waals surface area contributed by atoms with Gasteiger partial charge in [-0.15, -0.1) is 11.3 Å². The summed E-state index contributed by atoms with van der Waals surface area (Å²) in [4.78, 5) is 7.67. The molecule has 0 aliphatic heterocycles. The first kappa shape index (κ1) is 11.5. The summed E-state index contributed by atoms with van der Waals surface area (Å²) in [5.41, 5.74) is 0.332. The minimum absolute atomic E-state index is 0.0361. The van der Waals surface area contributed by atoms with Crippen molar-refractivity contribution in [3.8, 4) is 0 Å². The van der Waals surface area contributed by atoms with Crippen LogP contribution < -0.4 is 0 Å². The van der Waals surface area contributed by atoms with Gasteiger partial charge in [0.15, 0.2) is 9.99 Å². The molecule has 0 unspecified atom stereocenters. The average Bonchev–Trinajstić information content (AvgIpc) is 2.58. The molecule has 0 saturated carbocycles. The Kier molecular flexibility index (Phi) is 2.94. The van der Waals surface area contributed by atoms with Crippen molar-refractivity contribution in [3.63, 3.8) is 0 Å². The quantitative estimate of drug-likeness (QED) is 0.838. The van der Waals surface area contributed by atoms with E-state index in [0.717, 1.165) is 11.3 Å². The van der Waals surface area contributed by atoms with Gasteiger partial charge in [-0.1, -0.05) is 0 Å². The lowest BCUT2D eigenvalue weighted by Crippen LogP contribution is -2.18. The van der Waals surface area contributed by atoms with Crippen LogP contribution in [0.1, 0.15) is 0 Å². The summed E-state index contributed by atoms with van der Waals surface area (Å²) in [5.74, 6) is -1.37.